The first-order valence-corrected chi connectivity index (χ1v) is 7.47. The molecule has 19 heavy (non-hydrogen) atoms. The average molecular weight is 258 g/mol. The van der Waals surface area contributed by atoms with Crippen LogP contribution in [0.1, 0.15) is 36.8 Å². The maximum Gasteiger partial charge on any atom is 0.115 e. The summed E-state index contributed by atoms with van der Waals surface area (Å²) < 4.78 is 0. The van der Waals surface area contributed by atoms with Gasteiger partial charge in [-0.3, -0.25) is 0 Å². The highest BCUT2D eigenvalue weighted by atomic mass is 16.3. The van der Waals surface area contributed by atoms with Crippen LogP contribution in [-0.2, 0) is 12.0 Å². The summed E-state index contributed by atoms with van der Waals surface area (Å²) in [6.07, 6.45) is 5.10. The minimum atomic E-state index is 0.266. The standard InChI is InChI=1S/C16H22N2O/c1-18-8-7-16-6-2-3-14(18)15(16)17-10-11-4-5-12(19)9-13(11)16/h4-5,9,14-15,17,19H,2-3,6-8,10H2,1H3. The first kappa shape index (κ1) is 11.7. The van der Waals surface area contributed by atoms with Crippen molar-refractivity contribution >= 4 is 0 Å². The monoisotopic (exact) mass is 258 g/mol. The molecule has 3 heteroatoms. The number of hydrogen-bond acceptors (Lipinski definition) is 3. The number of fused-ring (bicyclic) bond motifs is 1. The van der Waals surface area contributed by atoms with E-state index >= 15 is 0 Å². The fraction of sp³-hybridized carbons (Fsp3) is 0.625. The molecule has 0 radical (unpaired) electrons. The molecule has 102 valence electrons. The summed E-state index contributed by atoms with van der Waals surface area (Å²) in [6.45, 7) is 2.13. The van der Waals surface area contributed by atoms with Gasteiger partial charge in [-0.15, -0.1) is 0 Å². The predicted molar refractivity (Wildman–Crippen MR) is 75.3 cm³/mol. The van der Waals surface area contributed by atoms with Crippen molar-refractivity contribution in [1.29, 1.82) is 0 Å². The Morgan fingerprint density at radius 2 is 2.26 bits per heavy atom. The largest absolute Gasteiger partial charge is 0.508 e. The summed E-state index contributed by atoms with van der Waals surface area (Å²) >= 11 is 0. The summed E-state index contributed by atoms with van der Waals surface area (Å²) in [5.74, 6) is 0.426. The lowest BCUT2D eigenvalue weighted by Crippen LogP contribution is -2.67. The molecule has 3 unspecified atom stereocenters. The highest BCUT2D eigenvalue weighted by Crippen LogP contribution is 2.50. The molecule has 2 aliphatic heterocycles. The molecule has 3 atom stereocenters. The van der Waals surface area contributed by atoms with Gasteiger partial charge in [-0.2, -0.15) is 0 Å². The second kappa shape index (κ2) is 3.97. The van der Waals surface area contributed by atoms with Gasteiger partial charge < -0.3 is 15.3 Å². The SMILES string of the molecule is CN1CCC23CCCC1C2NCc1ccc(O)cc13. The van der Waals surface area contributed by atoms with Crippen LogP contribution in [0.25, 0.3) is 0 Å². The van der Waals surface area contributed by atoms with Gasteiger partial charge in [0.1, 0.15) is 5.75 Å². The molecule has 0 aromatic heterocycles. The van der Waals surface area contributed by atoms with Crippen molar-refractivity contribution in [2.24, 2.45) is 0 Å². The Hall–Kier alpha value is -1.06. The zero-order valence-corrected chi connectivity index (χ0v) is 11.5. The van der Waals surface area contributed by atoms with Crippen molar-refractivity contribution < 1.29 is 5.11 Å². The van der Waals surface area contributed by atoms with E-state index in [4.69, 9.17) is 0 Å². The van der Waals surface area contributed by atoms with Crippen LogP contribution in [0.5, 0.6) is 5.75 Å². The van der Waals surface area contributed by atoms with Crippen molar-refractivity contribution in [1.82, 2.24) is 10.2 Å². The van der Waals surface area contributed by atoms with Crippen LogP contribution in [0.4, 0.5) is 0 Å². The van der Waals surface area contributed by atoms with E-state index < -0.39 is 0 Å². The number of nitrogens with one attached hydrogen (secondary N) is 1. The lowest BCUT2D eigenvalue weighted by atomic mass is 9.58. The maximum absolute atomic E-state index is 9.89. The van der Waals surface area contributed by atoms with Gasteiger partial charge in [0, 0.05) is 24.0 Å². The molecular formula is C16H22N2O. The molecule has 0 spiro atoms. The minimum Gasteiger partial charge on any atom is -0.508 e. The van der Waals surface area contributed by atoms with Crippen LogP contribution in [0.2, 0.25) is 0 Å². The maximum atomic E-state index is 9.89. The molecule has 1 saturated heterocycles. The Morgan fingerprint density at radius 3 is 3.16 bits per heavy atom. The Balaban J connectivity index is 1.87. The summed E-state index contributed by atoms with van der Waals surface area (Å²) in [7, 11) is 2.26. The zero-order valence-electron chi connectivity index (χ0n) is 11.5. The normalized spacial score (nSPS) is 37.5. The van der Waals surface area contributed by atoms with Crippen LogP contribution in [0, 0.1) is 0 Å². The van der Waals surface area contributed by atoms with E-state index in [-0.39, 0.29) is 5.41 Å². The Morgan fingerprint density at radius 1 is 1.37 bits per heavy atom. The molecule has 3 nitrogen and oxygen atoms in total. The molecule has 2 fully saturated rings. The van der Waals surface area contributed by atoms with E-state index in [0.717, 1.165) is 6.54 Å². The van der Waals surface area contributed by atoms with E-state index in [1.54, 1.807) is 0 Å². The first-order chi connectivity index (χ1) is 9.21. The lowest BCUT2D eigenvalue weighted by molar-refractivity contribution is 0.0210. The van der Waals surface area contributed by atoms with Crippen molar-refractivity contribution in [2.45, 2.75) is 49.7 Å². The number of rotatable bonds is 0. The van der Waals surface area contributed by atoms with E-state index in [1.807, 2.05) is 12.1 Å². The molecule has 1 aliphatic carbocycles. The van der Waals surface area contributed by atoms with Crippen molar-refractivity contribution in [3.8, 4) is 5.75 Å². The van der Waals surface area contributed by atoms with Gasteiger partial charge in [-0.05, 0) is 56.1 Å². The second-order valence-electron chi connectivity index (χ2n) is 6.55. The fourth-order valence-electron chi connectivity index (χ4n) is 4.78. The van der Waals surface area contributed by atoms with Crippen LogP contribution < -0.4 is 5.32 Å². The molecule has 2 N–H and O–H groups in total. The topological polar surface area (TPSA) is 35.5 Å². The summed E-state index contributed by atoms with van der Waals surface area (Å²) in [5.41, 5.74) is 3.08. The summed E-state index contributed by atoms with van der Waals surface area (Å²) in [4.78, 5) is 2.53. The number of piperidine rings is 1. The molecule has 1 aromatic rings. The zero-order chi connectivity index (χ0) is 13.0. The van der Waals surface area contributed by atoms with Crippen LogP contribution in [0.15, 0.2) is 18.2 Å². The number of likely N-dealkylation sites (N-methyl/N-ethyl adjacent to an activating group) is 1. The second-order valence-corrected chi connectivity index (χ2v) is 6.55. The highest BCUT2D eigenvalue weighted by molar-refractivity contribution is 5.45. The number of hydrogen-bond donors (Lipinski definition) is 2. The van der Waals surface area contributed by atoms with Crippen molar-refractivity contribution in [2.75, 3.05) is 13.6 Å². The quantitative estimate of drug-likeness (QED) is 0.747. The Bertz CT molecular complexity index is 515. The molecular weight excluding hydrogens is 236 g/mol. The fourth-order valence-corrected chi connectivity index (χ4v) is 4.78. The number of phenols is 1. The van der Waals surface area contributed by atoms with Crippen LogP contribution >= 0.6 is 0 Å². The van der Waals surface area contributed by atoms with Crippen molar-refractivity contribution in [3.63, 3.8) is 0 Å². The van der Waals surface area contributed by atoms with Crippen LogP contribution in [0.3, 0.4) is 0 Å². The molecule has 1 aromatic carbocycles. The number of aromatic hydroxyl groups is 1. The van der Waals surface area contributed by atoms with Crippen LogP contribution in [-0.4, -0.2) is 35.7 Å². The van der Waals surface area contributed by atoms with E-state index in [0.29, 0.717) is 17.8 Å². The van der Waals surface area contributed by atoms with Crippen molar-refractivity contribution in [3.05, 3.63) is 29.3 Å². The van der Waals surface area contributed by atoms with E-state index in [2.05, 4.69) is 23.3 Å². The molecule has 3 aliphatic rings. The third-order valence-corrected chi connectivity index (χ3v) is 5.72. The summed E-state index contributed by atoms with van der Waals surface area (Å²) in [6, 6.07) is 7.20. The van der Waals surface area contributed by atoms with Gasteiger partial charge in [0.15, 0.2) is 0 Å². The average Bonchev–Trinajstić information content (AvgIpc) is 2.42. The van der Waals surface area contributed by atoms with Gasteiger partial charge in [-0.25, -0.2) is 0 Å². The van der Waals surface area contributed by atoms with E-state index in [9.17, 15) is 5.11 Å². The van der Waals surface area contributed by atoms with Gasteiger partial charge in [-0.1, -0.05) is 12.5 Å². The minimum absolute atomic E-state index is 0.266. The number of nitrogens with zero attached hydrogens (tertiary/aromatic N) is 1. The van der Waals surface area contributed by atoms with Gasteiger partial charge in [0.2, 0.25) is 0 Å². The summed E-state index contributed by atoms with van der Waals surface area (Å²) in [5, 5.41) is 13.7. The number of phenolic OH excluding ortho intramolecular Hbond substituents is 1. The third-order valence-electron chi connectivity index (χ3n) is 5.72. The molecule has 2 heterocycles. The van der Waals surface area contributed by atoms with Gasteiger partial charge >= 0.3 is 0 Å². The van der Waals surface area contributed by atoms with E-state index in [1.165, 1.54) is 43.4 Å². The van der Waals surface area contributed by atoms with Gasteiger partial charge in [0.05, 0.1) is 0 Å². The third kappa shape index (κ3) is 1.52. The molecule has 1 saturated carbocycles. The Kier molecular flexibility index (Phi) is 2.45. The number of benzene rings is 1. The Labute approximate surface area is 114 Å². The predicted octanol–water partition coefficient (Wildman–Crippen LogP) is 1.99. The molecule has 4 rings (SSSR count). The lowest BCUT2D eigenvalue weighted by Gasteiger charge is -2.58. The molecule has 2 bridgehead atoms. The number of likely N-dealkylation sites (tertiary alicyclic amines) is 1. The molecule has 0 amide bonds. The van der Waals surface area contributed by atoms with Gasteiger partial charge in [0.25, 0.3) is 0 Å². The highest BCUT2D eigenvalue weighted by Gasteiger charge is 2.52. The smallest absolute Gasteiger partial charge is 0.115 e. The first-order valence-electron chi connectivity index (χ1n) is 7.47.